The van der Waals surface area contributed by atoms with Gasteiger partial charge in [0.05, 0.1) is 12.4 Å². The molecular formula is C20H20N4O3S2. The minimum absolute atomic E-state index is 0.153. The van der Waals surface area contributed by atoms with Crippen LogP contribution in [0.25, 0.3) is 0 Å². The van der Waals surface area contributed by atoms with Gasteiger partial charge in [0.25, 0.3) is 5.91 Å². The Labute approximate surface area is 176 Å². The Morgan fingerprint density at radius 1 is 1.07 bits per heavy atom. The highest BCUT2D eigenvalue weighted by atomic mass is 32.2. The standard InChI is InChI=1S/C20H20N4O3S2/c1-3-27-15-10-8-14(9-11-15)21-17(25)12-28-20-24-23-19(29-20)22-18(26)16-7-5-4-6-13(16)2/h4-11H,3,12H2,1-2H3,(H,21,25)(H,22,23,26). The molecule has 0 bridgehead atoms. The third-order valence-electron chi connectivity index (χ3n) is 3.79. The van der Waals surface area contributed by atoms with E-state index in [1.807, 2.05) is 32.0 Å². The van der Waals surface area contributed by atoms with Gasteiger partial charge < -0.3 is 10.1 Å². The van der Waals surface area contributed by atoms with Crippen LogP contribution in [0.1, 0.15) is 22.8 Å². The fourth-order valence-electron chi connectivity index (χ4n) is 2.44. The van der Waals surface area contributed by atoms with Crippen molar-refractivity contribution in [2.75, 3.05) is 23.0 Å². The van der Waals surface area contributed by atoms with Crippen LogP contribution in [0, 0.1) is 6.92 Å². The summed E-state index contributed by atoms with van der Waals surface area (Å²) in [5, 5.41) is 13.9. The lowest BCUT2D eigenvalue weighted by Gasteiger charge is -2.06. The van der Waals surface area contributed by atoms with Crippen LogP contribution in [0.15, 0.2) is 52.9 Å². The molecule has 0 aliphatic heterocycles. The van der Waals surface area contributed by atoms with Crippen molar-refractivity contribution in [1.82, 2.24) is 10.2 Å². The van der Waals surface area contributed by atoms with Gasteiger partial charge in [-0.15, -0.1) is 10.2 Å². The highest BCUT2D eigenvalue weighted by Crippen LogP contribution is 2.26. The van der Waals surface area contributed by atoms with Gasteiger partial charge in [0.15, 0.2) is 4.34 Å². The Kier molecular flexibility index (Phi) is 7.20. The van der Waals surface area contributed by atoms with E-state index in [9.17, 15) is 9.59 Å². The monoisotopic (exact) mass is 428 g/mol. The summed E-state index contributed by atoms with van der Waals surface area (Å²) in [5.41, 5.74) is 2.17. The molecule has 0 radical (unpaired) electrons. The number of nitrogens with zero attached hydrogens (tertiary/aromatic N) is 2. The second-order valence-electron chi connectivity index (χ2n) is 5.94. The van der Waals surface area contributed by atoms with Crippen molar-refractivity contribution in [2.24, 2.45) is 0 Å². The number of benzene rings is 2. The average molecular weight is 429 g/mol. The van der Waals surface area contributed by atoms with Crippen molar-refractivity contribution < 1.29 is 14.3 Å². The minimum Gasteiger partial charge on any atom is -0.494 e. The molecule has 2 amide bonds. The van der Waals surface area contributed by atoms with E-state index in [2.05, 4.69) is 20.8 Å². The number of aromatic nitrogens is 2. The summed E-state index contributed by atoms with van der Waals surface area (Å²) in [4.78, 5) is 24.5. The molecule has 0 spiro atoms. The molecule has 2 N–H and O–H groups in total. The maximum atomic E-state index is 12.3. The van der Waals surface area contributed by atoms with Crippen molar-refractivity contribution in [1.29, 1.82) is 0 Å². The summed E-state index contributed by atoms with van der Waals surface area (Å²) in [6.45, 7) is 4.39. The number of rotatable bonds is 8. The Morgan fingerprint density at radius 3 is 2.55 bits per heavy atom. The summed E-state index contributed by atoms with van der Waals surface area (Å²) in [7, 11) is 0. The number of aryl methyl sites for hydroxylation is 1. The molecule has 3 rings (SSSR count). The molecule has 0 saturated heterocycles. The first-order valence-corrected chi connectivity index (χ1v) is 10.7. The summed E-state index contributed by atoms with van der Waals surface area (Å²) < 4.78 is 5.98. The smallest absolute Gasteiger partial charge is 0.257 e. The molecule has 3 aromatic rings. The first-order chi connectivity index (χ1) is 14.0. The van der Waals surface area contributed by atoms with Crippen molar-refractivity contribution in [3.63, 3.8) is 0 Å². The molecular weight excluding hydrogens is 408 g/mol. The summed E-state index contributed by atoms with van der Waals surface area (Å²) in [6.07, 6.45) is 0. The number of carbonyl (C=O) groups is 2. The molecule has 29 heavy (non-hydrogen) atoms. The summed E-state index contributed by atoms with van der Waals surface area (Å²) >= 11 is 2.49. The van der Waals surface area contributed by atoms with E-state index in [0.717, 1.165) is 11.3 Å². The van der Waals surface area contributed by atoms with Crippen molar-refractivity contribution in [3.8, 4) is 5.75 Å². The molecule has 1 aromatic heterocycles. The number of anilines is 2. The van der Waals surface area contributed by atoms with Gasteiger partial charge in [-0.25, -0.2) is 0 Å². The number of carbonyl (C=O) groups excluding carboxylic acids is 2. The number of ether oxygens (including phenoxy) is 1. The van der Waals surface area contributed by atoms with Crippen LogP contribution in [0.4, 0.5) is 10.8 Å². The zero-order valence-corrected chi connectivity index (χ0v) is 17.6. The topological polar surface area (TPSA) is 93.2 Å². The highest BCUT2D eigenvalue weighted by Gasteiger charge is 2.13. The van der Waals surface area contributed by atoms with Crippen LogP contribution in [-0.2, 0) is 4.79 Å². The molecule has 0 aliphatic carbocycles. The third-order valence-corrected chi connectivity index (χ3v) is 5.76. The first-order valence-electron chi connectivity index (χ1n) is 8.91. The van der Waals surface area contributed by atoms with Crippen LogP contribution in [0.2, 0.25) is 0 Å². The van der Waals surface area contributed by atoms with E-state index in [1.54, 1.807) is 30.3 Å². The van der Waals surface area contributed by atoms with Gasteiger partial charge in [-0.05, 0) is 49.7 Å². The normalized spacial score (nSPS) is 10.4. The maximum absolute atomic E-state index is 12.3. The Morgan fingerprint density at radius 2 is 1.83 bits per heavy atom. The minimum atomic E-state index is -0.232. The fraction of sp³-hybridized carbons (Fsp3) is 0.200. The summed E-state index contributed by atoms with van der Waals surface area (Å²) in [5.74, 6) is 0.561. The lowest BCUT2D eigenvalue weighted by Crippen LogP contribution is -2.13. The van der Waals surface area contributed by atoms with Crippen LogP contribution >= 0.6 is 23.1 Å². The molecule has 2 aromatic carbocycles. The second-order valence-corrected chi connectivity index (χ2v) is 8.14. The molecule has 0 atom stereocenters. The van der Waals surface area contributed by atoms with Crippen molar-refractivity contribution in [3.05, 3.63) is 59.7 Å². The Hall–Kier alpha value is -2.91. The van der Waals surface area contributed by atoms with Crippen LogP contribution in [0.5, 0.6) is 5.75 Å². The SMILES string of the molecule is CCOc1ccc(NC(=O)CSc2nnc(NC(=O)c3ccccc3C)s2)cc1. The van der Waals surface area contributed by atoms with E-state index in [-0.39, 0.29) is 17.6 Å². The fourth-order valence-corrected chi connectivity index (χ4v) is 3.98. The van der Waals surface area contributed by atoms with Gasteiger partial charge in [0.1, 0.15) is 5.75 Å². The lowest BCUT2D eigenvalue weighted by molar-refractivity contribution is -0.113. The van der Waals surface area contributed by atoms with E-state index < -0.39 is 0 Å². The molecule has 0 aliphatic rings. The van der Waals surface area contributed by atoms with Gasteiger partial charge >= 0.3 is 0 Å². The average Bonchev–Trinajstić information content (AvgIpc) is 3.16. The highest BCUT2D eigenvalue weighted by molar-refractivity contribution is 8.01. The number of amides is 2. The van der Waals surface area contributed by atoms with Crippen molar-refractivity contribution >= 4 is 45.7 Å². The van der Waals surface area contributed by atoms with E-state index in [4.69, 9.17) is 4.74 Å². The van der Waals surface area contributed by atoms with Gasteiger partial charge in [-0.1, -0.05) is 41.3 Å². The van der Waals surface area contributed by atoms with Gasteiger partial charge in [0, 0.05) is 11.3 Å². The largest absolute Gasteiger partial charge is 0.494 e. The van der Waals surface area contributed by atoms with E-state index >= 15 is 0 Å². The van der Waals surface area contributed by atoms with Crippen molar-refractivity contribution in [2.45, 2.75) is 18.2 Å². The Bertz CT molecular complexity index is 989. The Balaban J connectivity index is 1.49. The predicted molar refractivity (Wildman–Crippen MR) is 116 cm³/mol. The quantitative estimate of drug-likeness (QED) is 0.412. The number of hydrogen-bond donors (Lipinski definition) is 2. The van der Waals surface area contributed by atoms with Gasteiger partial charge in [-0.2, -0.15) is 0 Å². The van der Waals surface area contributed by atoms with Gasteiger partial charge in [-0.3, -0.25) is 14.9 Å². The third kappa shape index (κ3) is 6.03. The number of thioether (sulfide) groups is 1. The van der Waals surface area contributed by atoms with E-state index in [0.29, 0.717) is 27.3 Å². The zero-order valence-electron chi connectivity index (χ0n) is 16.0. The maximum Gasteiger partial charge on any atom is 0.257 e. The number of nitrogens with one attached hydrogen (secondary N) is 2. The molecule has 7 nitrogen and oxygen atoms in total. The number of hydrogen-bond acceptors (Lipinski definition) is 7. The molecule has 0 unspecified atom stereocenters. The molecule has 1 heterocycles. The molecule has 9 heteroatoms. The first kappa shape index (κ1) is 20.8. The van der Waals surface area contributed by atoms with E-state index in [1.165, 1.54) is 23.1 Å². The van der Waals surface area contributed by atoms with Gasteiger partial charge in [0.2, 0.25) is 11.0 Å². The second kappa shape index (κ2) is 10.0. The summed E-state index contributed by atoms with van der Waals surface area (Å²) in [6, 6.07) is 14.5. The molecule has 0 saturated carbocycles. The molecule has 0 fully saturated rings. The van der Waals surface area contributed by atoms with Crippen LogP contribution < -0.4 is 15.4 Å². The molecule has 150 valence electrons. The van der Waals surface area contributed by atoms with Crippen LogP contribution in [0.3, 0.4) is 0 Å². The zero-order chi connectivity index (χ0) is 20.6. The predicted octanol–water partition coefficient (Wildman–Crippen LogP) is 4.23. The van der Waals surface area contributed by atoms with Crippen LogP contribution in [-0.4, -0.2) is 34.4 Å². The lowest BCUT2D eigenvalue weighted by atomic mass is 10.1.